The number of hydrogen-bond donors (Lipinski definition) is 0. The molecule has 6 nitrogen and oxygen atoms in total. The zero-order valence-corrected chi connectivity index (χ0v) is 14.3. The summed E-state index contributed by atoms with van der Waals surface area (Å²) in [5.74, 6) is 1.38. The molecule has 0 bridgehead atoms. The average Bonchev–Trinajstić information content (AvgIpc) is 3.10. The molecule has 128 valence electrons. The molecule has 0 unspecified atom stereocenters. The molecule has 0 aliphatic carbocycles. The van der Waals surface area contributed by atoms with Gasteiger partial charge in [0.1, 0.15) is 5.82 Å². The van der Waals surface area contributed by atoms with E-state index >= 15 is 0 Å². The molecule has 2 atom stereocenters. The van der Waals surface area contributed by atoms with Gasteiger partial charge in [-0.25, -0.2) is 4.98 Å². The summed E-state index contributed by atoms with van der Waals surface area (Å²) in [7, 11) is 0. The first-order chi connectivity index (χ1) is 11.2. The van der Waals surface area contributed by atoms with E-state index in [1.807, 2.05) is 18.0 Å². The quantitative estimate of drug-likeness (QED) is 0.840. The molecular weight excluding hydrogens is 292 g/mol. The average molecular weight is 320 g/mol. The Balaban J connectivity index is 1.64. The Kier molecular flexibility index (Phi) is 5.33. The smallest absolute Gasteiger partial charge is 0.239 e. The van der Waals surface area contributed by atoms with Crippen molar-refractivity contribution in [1.82, 2.24) is 19.4 Å². The molecule has 1 aromatic rings. The predicted molar refractivity (Wildman–Crippen MR) is 88.3 cm³/mol. The van der Waals surface area contributed by atoms with Gasteiger partial charge in [-0.05, 0) is 19.8 Å². The van der Waals surface area contributed by atoms with Gasteiger partial charge in [-0.2, -0.15) is 0 Å². The first-order valence-electron chi connectivity index (χ1n) is 8.83. The number of morpholine rings is 1. The third kappa shape index (κ3) is 3.58. The summed E-state index contributed by atoms with van der Waals surface area (Å²) < 4.78 is 7.65. The van der Waals surface area contributed by atoms with Crippen LogP contribution in [0, 0.1) is 0 Å². The van der Waals surface area contributed by atoms with Crippen LogP contribution < -0.4 is 0 Å². The molecule has 0 N–H and O–H groups in total. The summed E-state index contributed by atoms with van der Waals surface area (Å²) in [6.45, 7) is 9.01. The summed E-state index contributed by atoms with van der Waals surface area (Å²) in [6, 6.07) is 0.313. The molecule has 0 spiro atoms. The fourth-order valence-corrected chi connectivity index (χ4v) is 3.72. The molecule has 0 radical (unpaired) electrons. The first-order valence-corrected chi connectivity index (χ1v) is 8.83. The van der Waals surface area contributed by atoms with E-state index < -0.39 is 0 Å². The molecule has 2 saturated heterocycles. The van der Waals surface area contributed by atoms with Gasteiger partial charge < -0.3 is 14.2 Å². The normalized spacial score (nSPS) is 24.6. The van der Waals surface area contributed by atoms with Crippen molar-refractivity contribution in [2.24, 2.45) is 0 Å². The minimum absolute atomic E-state index is 0.0499. The van der Waals surface area contributed by atoms with Crippen molar-refractivity contribution in [3.63, 3.8) is 0 Å². The molecule has 23 heavy (non-hydrogen) atoms. The van der Waals surface area contributed by atoms with Crippen LogP contribution in [-0.4, -0.2) is 70.7 Å². The van der Waals surface area contributed by atoms with Gasteiger partial charge in [-0.3, -0.25) is 9.69 Å². The van der Waals surface area contributed by atoms with E-state index in [0.29, 0.717) is 6.04 Å². The Morgan fingerprint density at radius 1 is 1.39 bits per heavy atom. The van der Waals surface area contributed by atoms with Gasteiger partial charge in [0.25, 0.3) is 0 Å². The molecule has 1 amide bonds. The van der Waals surface area contributed by atoms with Crippen molar-refractivity contribution in [2.75, 3.05) is 39.4 Å². The minimum atomic E-state index is -0.0499. The van der Waals surface area contributed by atoms with E-state index in [1.165, 1.54) is 0 Å². The zero-order chi connectivity index (χ0) is 16.2. The number of piperidine rings is 1. The van der Waals surface area contributed by atoms with Crippen molar-refractivity contribution in [3.05, 3.63) is 18.2 Å². The van der Waals surface area contributed by atoms with Gasteiger partial charge in [0, 0.05) is 45.0 Å². The standard InChI is InChI=1S/C17H28N4O2/c1-3-16-18-6-8-21(16)15-5-4-7-20(13-15)17(22)14(2)19-9-11-23-12-10-19/h6,8,14-15H,3-5,7,9-13H2,1-2H3/t14-,15+/m1/s1. The van der Waals surface area contributed by atoms with E-state index in [-0.39, 0.29) is 11.9 Å². The lowest BCUT2D eigenvalue weighted by Gasteiger charge is -2.38. The largest absolute Gasteiger partial charge is 0.379 e. The molecule has 2 fully saturated rings. The van der Waals surface area contributed by atoms with E-state index in [4.69, 9.17) is 4.74 Å². The van der Waals surface area contributed by atoms with Crippen LogP contribution in [0.25, 0.3) is 0 Å². The molecule has 3 rings (SSSR count). The summed E-state index contributed by atoms with van der Waals surface area (Å²) in [4.78, 5) is 21.6. The number of ether oxygens (including phenoxy) is 1. The van der Waals surface area contributed by atoms with Crippen LogP contribution in [0.3, 0.4) is 0 Å². The second kappa shape index (κ2) is 7.45. The lowest BCUT2D eigenvalue weighted by Crippen LogP contribution is -2.53. The zero-order valence-electron chi connectivity index (χ0n) is 14.3. The van der Waals surface area contributed by atoms with Crippen molar-refractivity contribution in [1.29, 1.82) is 0 Å². The van der Waals surface area contributed by atoms with Crippen molar-refractivity contribution in [2.45, 2.75) is 45.2 Å². The van der Waals surface area contributed by atoms with Crippen molar-refractivity contribution < 1.29 is 9.53 Å². The molecular formula is C17H28N4O2. The van der Waals surface area contributed by atoms with Gasteiger partial charge in [-0.1, -0.05) is 6.92 Å². The van der Waals surface area contributed by atoms with E-state index in [9.17, 15) is 4.79 Å². The number of carbonyl (C=O) groups excluding carboxylic acids is 1. The molecule has 2 aliphatic rings. The van der Waals surface area contributed by atoms with Gasteiger partial charge in [-0.15, -0.1) is 0 Å². The molecule has 0 aromatic carbocycles. The molecule has 6 heteroatoms. The Morgan fingerprint density at radius 2 is 2.17 bits per heavy atom. The third-order valence-electron chi connectivity index (χ3n) is 5.12. The van der Waals surface area contributed by atoms with Crippen molar-refractivity contribution in [3.8, 4) is 0 Å². The maximum atomic E-state index is 12.9. The maximum Gasteiger partial charge on any atom is 0.239 e. The van der Waals surface area contributed by atoms with Crippen molar-refractivity contribution >= 4 is 5.91 Å². The number of nitrogens with zero attached hydrogens (tertiary/aromatic N) is 4. The molecule has 2 aliphatic heterocycles. The van der Waals surface area contributed by atoms with Crippen LogP contribution in [0.5, 0.6) is 0 Å². The summed E-state index contributed by atoms with van der Waals surface area (Å²) in [5, 5.41) is 0. The second-order valence-corrected chi connectivity index (χ2v) is 6.51. The highest BCUT2D eigenvalue weighted by molar-refractivity contribution is 5.81. The van der Waals surface area contributed by atoms with Crippen LogP contribution in [-0.2, 0) is 16.0 Å². The number of aryl methyl sites for hydroxylation is 1. The lowest BCUT2D eigenvalue weighted by molar-refractivity contribution is -0.139. The van der Waals surface area contributed by atoms with E-state index in [0.717, 1.165) is 64.5 Å². The maximum absolute atomic E-state index is 12.9. The minimum Gasteiger partial charge on any atom is -0.379 e. The lowest BCUT2D eigenvalue weighted by atomic mass is 10.0. The molecule has 3 heterocycles. The SMILES string of the molecule is CCc1nccn1[C@H]1CCCN(C(=O)[C@@H](C)N2CCOCC2)C1. The predicted octanol–water partition coefficient (Wildman–Crippen LogP) is 1.33. The van der Waals surface area contributed by atoms with Crippen LogP contribution in [0.4, 0.5) is 0 Å². The monoisotopic (exact) mass is 320 g/mol. The fraction of sp³-hybridized carbons (Fsp3) is 0.765. The van der Waals surface area contributed by atoms with Crippen LogP contribution in [0.15, 0.2) is 12.4 Å². The van der Waals surface area contributed by atoms with Gasteiger partial charge in [0.15, 0.2) is 0 Å². The second-order valence-electron chi connectivity index (χ2n) is 6.51. The topological polar surface area (TPSA) is 50.6 Å². The summed E-state index contributed by atoms with van der Waals surface area (Å²) in [5.41, 5.74) is 0. The highest BCUT2D eigenvalue weighted by Gasteiger charge is 2.31. The number of imidazole rings is 1. The number of likely N-dealkylation sites (tertiary alicyclic amines) is 1. The molecule has 0 saturated carbocycles. The van der Waals surface area contributed by atoms with Crippen LogP contribution >= 0.6 is 0 Å². The highest BCUT2D eigenvalue weighted by Crippen LogP contribution is 2.24. The Hall–Kier alpha value is -1.40. The first kappa shape index (κ1) is 16.5. The van der Waals surface area contributed by atoms with Crippen LogP contribution in [0.2, 0.25) is 0 Å². The number of amides is 1. The Bertz CT molecular complexity index is 524. The number of aromatic nitrogens is 2. The van der Waals surface area contributed by atoms with Gasteiger partial charge in [0.2, 0.25) is 5.91 Å². The van der Waals surface area contributed by atoms with Crippen LogP contribution in [0.1, 0.15) is 38.6 Å². The van der Waals surface area contributed by atoms with E-state index in [1.54, 1.807) is 0 Å². The van der Waals surface area contributed by atoms with E-state index in [2.05, 4.69) is 27.6 Å². The fourth-order valence-electron chi connectivity index (χ4n) is 3.72. The van der Waals surface area contributed by atoms with Gasteiger partial charge >= 0.3 is 0 Å². The Morgan fingerprint density at radius 3 is 2.91 bits per heavy atom. The highest BCUT2D eigenvalue weighted by atomic mass is 16.5. The summed E-state index contributed by atoms with van der Waals surface area (Å²) in [6.07, 6.45) is 7.05. The third-order valence-corrected chi connectivity index (χ3v) is 5.12. The summed E-state index contributed by atoms with van der Waals surface area (Å²) >= 11 is 0. The molecule has 1 aromatic heterocycles. The Labute approximate surface area is 138 Å². The van der Waals surface area contributed by atoms with Gasteiger partial charge in [0.05, 0.1) is 25.3 Å². The number of hydrogen-bond acceptors (Lipinski definition) is 4. The number of carbonyl (C=O) groups is 1. The number of rotatable bonds is 4.